The molecule has 3 rings (SSSR count). The van der Waals surface area contributed by atoms with Gasteiger partial charge in [0.15, 0.2) is 0 Å². The van der Waals surface area contributed by atoms with Crippen molar-refractivity contribution in [2.45, 2.75) is 20.8 Å². The standard InChI is InChI=1S/C23H25ClN4O3S/c1-16-6-5-7-22(12-16)28-17(2)13-19(18(28)3)14-25-26-23(29)15-27(32(4,30)31)21-10-8-20(24)9-11-21/h5-14H,15H2,1-4H3,(H,26,29)/b25-14-. The van der Waals surface area contributed by atoms with Crippen LogP contribution < -0.4 is 9.73 Å². The number of anilines is 1. The first-order chi connectivity index (χ1) is 15.1. The molecule has 2 aromatic carbocycles. The molecule has 0 fully saturated rings. The van der Waals surface area contributed by atoms with Gasteiger partial charge < -0.3 is 4.57 Å². The monoisotopic (exact) mass is 472 g/mol. The van der Waals surface area contributed by atoms with Gasteiger partial charge in [-0.2, -0.15) is 5.10 Å². The number of sulfonamides is 1. The number of hydrazone groups is 1. The number of hydrogen-bond donors (Lipinski definition) is 1. The van der Waals surface area contributed by atoms with Crippen molar-refractivity contribution < 1.29 is 13.2 Å². The van der Waals surface area contributed by atoms with Crippen molar-refractivity contribution in [1.29, 1.82) is 0 Å². The van der Waals surface area contributed by atoms with Crippen LogP contribution in [0.15, 0.2) is 59.7 Å². The van der Waals surface area contributed by atoms with Crippen LogP contribution in [-0.2, 0) is 14.8 Å². The number of carbonyl (C=O) groups excluding carboxylic acids is 1. The van der Waals surface area contributed by atoms with Gasteiger partial charge in [0.2, 0.25) is 10.0 Å². The summed E-state index contributed by atoms with van der Waals surface area (Å²) in [5.41, 5.74) is 7.83. The lowest BCUT2D eigenvalue weighted by molar-refractivity contribution is -0.119. The Bertz CT molecular complexity index is 1260. The Labute approximate surface area is 193 Å². The fraction of sp³-hybridized carbons (Fsp3) is 0.217. The Kier molecular flexibility index (Phi) is 7.06. The number of rotatable bonds is 7. The molecule has 0 saturated carbocycles. The number of benzene rings is 2. The van der Waals surface area contributed by atoms with E-state index in [9.17, 15) is 13.2 Å². The second kappa shape index (κ2) is 9.58. The van der Waals surface area contributed by atoms with Crippen LogP contribution in [0.4, 0.5) is 5.69 Å². The van der Waals surface area contributed by atoms with Crippen LogP contribution in [0.3, 0.4) is 0 Å². The Hall–Kier alpha value is -3.10. The molecule has 0 aliphatic carbocycles. The number of aromatic nitrogens is 1. The Morgan fingerprint density at radius 3 is 2.44 bits per heavy atom. The van der Waals surface area contributed by atoms with Crippen molar-refractivity contribution in [2.24, 2.45) is 5.10 Å². The van der Waals surface area contributed by atoms with Crippen LogP contribution in [0.2, 0.25) is 5.02 Å². The summed E-state index contributed by atoms with van der Waals surface area (Å²) in [4.78, 5) is 12.4. The molecular formula is C23H25ClN4O3S. The first kappa shape index (κ1) is 23.6. The van der Waals surface area contributed by atoms with Gasteiger partial charge in [-0.05, 0) is 68.8 Å². The second-order valence-electron chi connectivity index (χ2n) is 7.54. The van der Waals surface area contributed by atoms with Crippen molar-refractivity contribution in [2.75, 3.05) is 17.1 Å². The minimum atomic E-state index is -3.67. The van der Waals surface area contributed by atoms with Crippen molar-refractivity contribution in [3.05, 3.63) is 82.1 Å². The van der Waals surface area contributed by atoms with Crippen molar-refractivity contribution >= 4 is 39.4 Å². The predicted octanol–water partition coefficient (Wildman–Crippen LogP) is 3.97. The van der Waals surface area contributed by atoms with Gasteiger partial charge in [-0.25, -0.2) is 13.8 Å². The van der Waals surface area contributed by atoms with Gasteiger partial charge in [0.1, 0.15) is 6.54 Å². The maximum absolute atomic E-state index is 12.4. The number of nitrogens with zero attached hydrogens (tertiary/aromatic N) is 3. The average Bonchev–Trinajstić information content (AvgIpc) is 2.99. The van der Waals surface area contributed by atoms with Crippen LogP contribution in [0.1, 0.15) is 22.5 Å². The van der Waals surface area contributed by atoms with E-state index in [1.807, 2.05) is 45.0 Å². The molecule has 1 N–H and O–H groups in total. The van der Waals surface area contributed by atoms with E-state index in [-0.39, 0.29) is 0 Å². The van der Waals surface area contributed by atoms with Crippen LogP contribution >= 0.6 is 11.6 Å². The molecule has 0 spiro atoms. The summed E-state index contributed by atoms with van der Waals surface area (Å²) in [6.07, 6.45) is 2.60. The smallest absolute Gasteiger partial charge is 0.260 e. The van der Waals surface area contributed by atoms with E-state index in [4.69, 9.17) is 11.6 Å². The molecule has 9 heteroatoms. The maximum atomic E-state index is 12.4. The normalized spacial score (nSPS) is 11.7. The molecule has 0 saturated heterocycles. The zero-order chi connectivity index (χ0) is 23.5. The summed E-state index contributed by atoms with van der Waals surface area (Å²) in [6, 6.07) is 16.4. The summed E-state index contributed by atoms with van der Waals surface area (Å²) >= 11 is 5.87. The molecule has 1 heterocycles. The molecule has 1 amide bonds. The Balaban J connectivity index is 1.73. The zero-order valence-corrected chi connectivity index (χ0v) is 19.9. The van der Waals surface area contributed by atoms with Gasteiger partial charge in [-0.3, -0.25) is 9.10 Å². The fourth-order valence-corrected chi connectivity index (χ4v) is 4.41. The lowest BCUT2D eigenvalue weighted by Crippen LogP contribution is -2.39. The largest absolute Gasteiger partial charge is 0.318 e. The molecular weight excluding hydrogens is 448 g/mol. The minimum absolute atomic E-state index is 0.345. The predicted molar refractivity (Wildman–Crippen MR) is 129 cm³/mol. The highest BCUT2D eigenvalue weighted by Crippen LogP contribution is 2.21. The van der Waals surface area contributed by atoms with Crippen molar-refractivity contribution in [3.63, 3.8) is 0 Å². The molecule has 1 aromatic heterocycles. The van der Waals surface area contributed by atoms with E-state index >= 15 is 0 Å². The number of hydrogen-bond acceptors (Lipinski definition) is 4. The third kappa shape index (κ3) is 5.57. The quantitative estimate of drug-likeness (QED) is 0.417. The second-order valence-corrected chi connectivity index (χ2v) is 9.88. The van der Waals surface area contributed by atoms with Gasteiger partial charge in [0.05, 0.1) is 18.2 Å². The molecule has 168 valence electrons. The highest BCUT2D eigenvalue weighted by atomic mass is 35.5. The molecule has 32 heavy (non-hydrogen) atoms. The van der Waals surface area contributed by atoms with Crippen molar-refractivity contribution in [1.82, 2.24) is 9.99 Å². The highest BCUT2D eigenvalue weighted by Gasteiger charge is 2.20. The van der Waals surface area contributed by atoms with Gasteiger partial charge >= 0.3 is 0 Å². The van der Waals surface area contributed by atoms with E-state index in [2.05, 4.69) is 21.2 Å². The van der Waals surface area contributed by atoms with Crippen LogP contribution in [0.25, 0.3) is 5.69 Å². The third-order valence-corrected chi connectivity index (χ3v) is 6.32. The summed E-state index contributed by atoms with van der Waals surface area (Å²) < 4.78 is 27.4. The van der Waals surface area contributed by atoms with E-state index in [0.29, 0.717) is 10.7 Å². The van der Waals surface area contributed by atoms with Gasteiger partial charge in [0, 0.05) is 27.7 Å². The topological polar surface area (TPSA) is 83.8 Å². The maximum Gasteiger partial charge on any atom is 0.260 e. The average molecular weight is 473 g/mol. The molecule has 7 nitrogen and oxygen atoms in total. The summed E-state index contributed by atoms with van der Waals surface area (Å²) in [7, 11) is -3.67. The molecule has 0 bridgehead atoms. The van der Waals surface area contributed by atoms with Gasteiger partial charge in [-0.15, -0.1) is 0 Å². The van der Waals surface area contributed by atoms with Crippen LogP contribution in [-0.4, -0.2) is 37.9 Å². The fourth-order valence-electron chi connectivity index (χ4n) is 3.43. The summed E-state index contributed by atoms with van der Waals surface area (Å²) in [6.45, 7) is 5.62. The van der Waals surface area contributed by atoms with E-state index < -0.39 is 22.5 Å². The van der Waals surface area contributed by atoms with Crippen LogP contribution in [0.5, 0.6) is 0 Å². The highest BCUT2D eigenvalue weighted by molar-refractivity contribution is 7.92. The van der Waals surface area contributed by atoms with Crippen LogP contribution in [0, 0.1) is 20.8 Å². The lowest BCUT2D eigenvalue weighted by atomic mass is 10.2. The van der Waals surface area contributed by atoms with E-state index in [0.717, 1.165) is 38.8 Å². The Morgan fingerprint density at radius 1 is 1.12 bits per heavy atom. The molecule has 0 unspecified atom stereocenters. The molecule has 0 aliphatic heterocycles. The molecule has 0 aliphatic rings. The first-order valence-corrected chi connectivity index (χ1v) is 12.1. The summed E-state index contributed by atoms with van der Waals surface area (Å²) in [5, 5.41) is 4.50. The number of amides is 1. The van der Waals surface area contributed by atoms with Gasteiger partial charge in [0.25, 0.3) is 5.91 Å². The SMILES string of the molecule is Cc1cccc(-n2c(C)cc(/C=N\NC(=O)CN(c3ccc(Cl)cc3)S(C)(=O)=O)c2C)c1. The molecule has 0 radical (unpaired) electrons. The van der Waals surface area contributed by atoms with E-state index in [1.54, 1.807) is 30.5 Å². The number of nitrogens with one attached hydrogen (secondary N) is 1. The van der Waals surface area contributed by atoms with Gasteiger partial charge in [-0.1, -0.05) is 23.7 Å². The summed E-state index contributed by atoms with van der Waals surface area (Å²) in [5.74, 6) is -0.561. The first-order valence-electron chi connectivity index (χ1n) is 9.87. The number of aryl methyl sites for hydroxylation is 2. The third-order valence-electron chi connectivity index (χ3n) is 4.93. The minimum Gasteiger partial charge on any atom is -0.318 e. The lowest BCUT2D eigenvalue weighted by Gasteiger charge is -2.21. The zero-order valence-electron chi connectivity index (χ0n) is 18.3. The van der Waals surface area contributed by atoms with Crippen molar-refractivity contribution in [3.8, 4) is 5.69 Å². The number of carbonyl (C=O) groups is 1. The Morgan fingerprint density at radius 2 is 1.81 bits per heavy atom. The number of halogens is 1. The molecule has 3 aromatic rings. The molecule has 0 atom stereocenters. The van der Waals surface area contributed by atoms with E-state index in [1.165, 1.54) is 0 Å².